The molecule has 0 amide bonds. The monoisotopic (exact) mass is 195 g/mol. The fourth-order valence-electron chi connectivity index (χ4n) is 1.33. The van der Waals surface area contributed by atoms with Gasteiger partial charge in [0.25, 0.3) is 0 Å². The number of rotatable bonds is 4. The van der Waals surface area contributed by atoms with E-state index in [1.165, 1.54) is 0 Å². The summed E-state index contributed by atoms with van der Waals surface area (Å²) >= 11 is 0. The van der Waals surface area contributed by atoms with Crippen molar-refractivity contribution in [3.05, 3.63) is 35.9 Å². The maximum Gasteiger partial charge on any atom is 0.133 e. The Hall–Kier alpha value is -0.900. The van der Waals surface area contributed by atoms with Crippen molar-refractivity contribution in [3.63, 3.8) is 0 Å². The Balaban J connectivity index is 2.53. The fourth-order valence-corrected chi connectivity index (χ4v) is 1.33. The largest absolute Gasteiger partial charge is 0.389 e. The van der Waals surface area contributed by atoms with Crippen molar-refractivity contribution in [1.82, 2.24) is 4.90 Å². The summed E-state index contributed by atoms with van der Waals surface area (Å²) in [6, 6.07) is 9.85. The van der Waals surface area contributed by atoms with Crippen LogP contribution in [-0.2, 0) is 6.54 Å². The van der Waals surface area contributed by atoms with Gasteiger partial charge in [0.05, 0.1) is 6.10 Å². The first kappa shape index (κ1) is 11.2. The highest BCUT2D eigenvalue weighted by molar-refractivity contribution is 5.14. The van der Waals surface area contributed by atoms with Crippen molar-refractivity contribution in [3.8, 4) is 0 Å². The Morgan fingerprint density at radius 1 is 1.21 bits per heavy atom. The molecule has 0 heterocycles. The lowest BCUT2D eigenvalue weighted by Crippen LogP contribution is -2.39. The first-order valence-corrected chi connectivity index (χ1v) is 4.71. The van der Waals surface area contributed by atoms with E-state index >= 15 is 0 Å². The molecule has 3 nitrogen and oxygen atoms in total. The van der Waals surface area contributed by atoms with Crippen molar-refractivity contribution in [2.75, 3.05) is 7.05 Å². The molecule has 3 heteroatoms. The summed E-state index contributed by atoms with van der Waals surface area (Å²) < 4.78 is 0. The summed E-state index contributed by atoms with van der Waals surface area (Å²) in [6.45, 7) is 2.21. The van der Waals surface area contributed by atoms with Gasteiger partial charge in [0.15, 0.2) is 0 Å². The Bertz CT molecular complexity index is 261. The molecular weight excluding hydrogens is 178 g/mol. The predicted octanol–water partition coefficient (Wildman–Crippen LogP) is 0.818. The smallest absolute Gasteiger partial charge is 0.133 e. The average Bonchev–Trinajstić information content (AvgIpc) is 2.18. The molecule has 1 unspecified atom stereocenters. The van der Waals surface area contributed by atoms with Crippen LogP contribution in [0.15, 0.2) is 30.3 Å². The highest BCUT2D eigenvalue weighted by Crippen LogP contribution is 2.06. The molecule has 0 aliphatic rings. The Labute approximate surface area is 84.6 Å². The van der Waals surface area contributed by atoms with Gasteiger partial charge in [-0.05, 0) is 19.5 Å². The van der Waals surface area contributed by atoms with Crippen LogP contribution < -0.4 is 0 Å². The van der Waals surface area contributed by atoms with Gasteiger partial charge in [-0.1, -0.05) is 30.3 Å². The van der Waals surface area contributed by atoms with Gasteiger partial charge in [0, 0.05) is 6.54 Å². The number of likely N-dealkylation sites (N-methyl/N-ethyl adjacent to an activating group) is 1. The Kier molecular flexibility index (Phi) is 4.07. The maximum absolute atomic E-state index is 9.53. The molecule has 0 bridgehead atoms. The normalized spacial score (nSPS) is 15.5. The second-order valence-corrected chi connectivity index (χ2v) is 3.55. The van der Waals surface area contributed by atoms with Gasteiger partial charge >= 0.3 is 0 Å². The zero-order chi connectivity index (χ0) is 10.6. The number of hydrogen-bond acceptors (Lipinski definition) is 3. The highest BCUT2D eigenvalue weighted by atomic mass is 16.3. The zero-order valence-corrected chi connectivity index (χ0v) is 8.59. The number of nitrogens with zero attached hydrogens (tertiary/aromatic N) is 1. The molecule has 14 heavy (non-hydrogen) atoms. The van der Waals surface area contributed by atoms with Crippen molar-refractivity contribution in [2.24, 2.45) is 0 Å². The summed E-state index contributed by atoms with van der Waals surface area (Å²) in [5, 5.41) is 18.7. The predicted molar refractivity (Wildman–Crippen MR) is 55.6 cm³/mol. The van der Waals surface area contributed by atoms with E-state index < -0.39 is 12.3 Å². The van der Waals surface area contributed by atoms with Crippen molar-refractivity contribution in [1.29, 1.82) is 0 Å². The first-order chi connectivity index (χ1) is 6.61. The molecule has 0 spiro atoms. The van der Waals surface area contributed by atoms with E-state index in [9.17, 15) is 10.2 Å². The van der Waals surface area contributed by atoms with E-state index in [1.54, 1.807) is 18.9 Å². The van der Waals surface area contributed by atoms with Crippen LogP contribution in [0.3, 0.4) is 0 Å². The first-order valence-electron chi connectivity index (χ1n) is 4.71. The molecule has 1 rings (SSSR count). The summed E-state index contributed by atoms with van der Waals surface area (Å²) in [7, 11) is 1.78. The highest BCUT2D eigenvalue weighted by Gasteiger charge is 2.16. The Morgan fingerprint density at radius 3 is 2.29 bits per heavy atom. The van der Waals surface area contributed by atoms with Crippen molar-refractivity contribution < 1.29 is 10.2 Å². The molecular formula is C11H17NO2. The van der Waals surface area contributed by atoms with Gasteiger partial charge in [-0.25, -0.2) is 0 Å². The van der Waals surface area contributed by atoms with Crippen LogP contribution in [0.1, 0.15) is 12.5 Å². The summed E-state index contributed by atoms with van der Waals surface area (Å²) in [5.41, 5.74) is 1.12. The molecule has 0 saturated carbocycles. The molecule has 1 aromatic carbocycles. The van der Waals surface area contributed by atoms with Gasteiger partial charge in [-0.3, -0.25) is 4.90 Å². The fraction of sp³-hybridized carbons (Fsp3) is 0.455. The van der Waals surface area contributed by atoms with Gasteiger partial charge < -0.3 is 10.2 Å². The third-order valence-corrected chi connectivity index (χ3v) is 2.16. The number of benzene rings is 1. The minimum absolute atomic E-state index is 0.632. The van der Waals surface area contributed by atoms with E-state index in [4.69, 9.17) is 0 Å². The minimum atomic E-state index is -0.810. The molecule has 0 radical (unpaired) electrons. The number of hydrogen-bond donors (Lipinski definition) is 2. The lowest BCUT2D eigenvalue weighted by Gasteiger charge is -2.25. The molecule has 2 N–H and O–H groups in total. The molecule has 0 saturated heterocycles. The van der Waals surface area contributed by atoms with Gasteiger partial charge in [-0.2, -0.15) is 0 Å². The third kappa shape index (κ3) is 3.10. The van der Waals surface area contributed by atoms with Crippen molar-refractivity contribution >= 4 is 0 Å². The van der Waals surface area contributed by atoms with Crippen LogP contribution in [0.2, 0.25) is 0 Å². The van der Waals surface area contributed by atoms with Crippen LogP contribution in [0.25, 0.3) is 0 Å². The van der Waals surface area contributed by atoms with E-state index in [0.29, 0.717) is 6.54 Å². The molecule has 78 valence electrons. The standard InChI is InChI=1S/C11H17NO2/c1-9(13)11(14)12(2)8-10-6-4-3-5-7-10/h3-7,9,11,13-14H,8H2,1-2H3/t9-,11?/m0/s1. The van der Waals surface area contributed by atoms with Crippen LogP contribution in [0, 0.1) is 0 Å². The van der Waals surface area contributed by atoms with Gasteiger partial charge in [-0.15, -0.1) is 0 Å². The van der Waals surface area contributed by atoms with Crippen molar-refractivity contribution in [2.45, 2.75) is 25.8 Å². The second-order valence-electron chi connectivity index (χ2n) is 3.55. The molecule has 0 aliphatic heterocycles. The van der Waals surface area contributed by atoms with Gasteiger partial charge in [0.1, 0.15) is 6.23 Å². The molecule has 0 fully saturated rings. The summed E-state index contributed by atoms with van der Waals surface area (Å²) in [4.78, 5) is 1.71. The minimum Gasteiger partial charge on any atom is -0.389 e. The lowest BCUT2D eigenvalue weighted by molar-refractivity contribution is -0.0677. The quantitative estimate of drug-likeness (QED) is 0.699. The SMILES string of the molecule is C[C@H](O)C(O)N(C)Cc1ccccc1. The number of aliphatic hydroxyl groups is 2. The third-order valence-electron chi connectivity index (χ3n) is 2.16. The summed E-state index contributed by atoms with van der Waals surface area (Å²) in [5.74, 6) is 0. The molecule has 0 aromatic heterocycles. The zero-order valence-electron chi connectivity index (χ0n) is 8.59. The molecule has 0 aliphatic carbocycles. The average molecular weight is 195 g/mol. The number of aliphatic hydroxyl groups excluding tert-OH is 2. The van der Waals surface area contributed by atoms with Gasteiger partial charge in [0.2, 0.25) is 0 Å². The van der Waals surface area contributed by atoms with Crippen LogP contribution in [-0.4, -0.2) is 34.5 Å². The van der Waals surface area contributed by atoms with E-state index in [1.807, 2.05) is 30.3 Å². The van der Waals surface area contributed by atoms with Crippen LogP contribution in [0.5, 0.6) is 0 Å². The second kappa shape index (κ2) is 5.10. The topological polar surface area (TPSA) is 43.7 Å². The summed E-state index contributed by atoms with van der Waals surface area (Å²) in [6.07, 6.45) is -1.54. The Morgan fingerprint density at radius 2 is 1.79 bits per heavy atom. The lowest BCUT2D eigenvalue weighted by atomic mass is 10.2. The molecule has 2 atom stereocenters. The maximum atomic E-state index is 9.53. The van der Waals surface area contributed by atoms with E-state index in [2.05, 4.69) is 0 Å². The van der Waals surface area contributed by atoms with Crippen LogP contribution in [0.4, 0.5) is 0 Å². The van der Waals surface area contributed by atoms with E-state index in [-0.39, 0.29) is 0 Å². The molecule has 1 aromatic rings. The van der Waals surface area contributed by atoms with E-state index in [0.717, 1.165) is 5.56 Å². The van der Waals surface area contributed by atoms with Crippen LogP contribution >= 0.6 is 0 Å².